The number of carbonyl (C=O) groups is 2. The van der Waals surface area contributed by atoms with Crippen LogP contribution in [0.1, 0.15) is 136 Å². The van der Waals surface area contributed by atoms with Crippen LogP contribution in [0, 0.1) is 0 Å². The molecule has 2 aliphatic rings. The van der Waals surface area contributed by atoms with Gasteiger partial charge in [-0.2, -0.15) is 0 Å². The quantitative estimate of drug-likeness (QED) is 0.185. The van der Waals surface area contributed by atoms with Crippen molar-refractivity contribution in [2.45, 2.75) is 136 Å². The van der Waals surface area contributed by atoms with E-state index in [1.165, 1.54) is 103 Å². The van der Waals surface area contributed by atoms with Crippen LogP contribution in [-0.2, 0) is 9.59 Å². The van der Waals surface area contributed by atoms with Crippen LogP contribution in [0.5, 0.6) is 0 Å². The van der Waals surface area contributed by atoms with E-state index in [4.69, 9.17) is 0 Å². The Hall–Kier alpha value is -1.32. The van der Waals surface area contributed by atoms with Gasteiger partial charge in [0.25, 0.3) is 0 Å². The minimum Gasteiger partial charge on any atom is -0.343 e. The highest BCUT2D eigenvalue weighted by Gasteiger charge is 2.15. The number of amides is 2. The van der Waals surface area contributed by atoms with Crippen LogP contribution >= 0.6 is 0 Å². The molecular formula is C29H54N2O2. The zero-order chi connectivity index (χ0) is 24.0. The van der Waals surface area contributed by atoms with E-state index >= 15 is 0 Å². The van der Waals surface area contributed by atoms with Gasteiger partial charge in [-0.1, -0.05) is 84.1 Å². The van der Waals surface area contributed by atoms with Gasteiger partial charge < -0.3 is 9.80 Å². The number of piperidine rings is 1. The molecule has 0 aromatic rings. The minimum atomic E-state index is 0.214. The lowest BCUT2D eigenvalue weighted by Crippen LogP contribution is -2.35. The Morgan fingerprint density at radius 2 is 1.09 bits per heavy atom. The van der Waals surface area contributed by atoms with Gasteiger partial charge in [0.15, 0.2) is 0 Å². The van der Waals surface area contributed by atoms with Gasteiger partial charge in [-0.3, -0.25) is 9.59 Å². The lowest BCUT2D eigenvalue weighted by atomic mass is 10.1. The number of likely N-dealkylation sites (tertiary alicyclic amines) is 2. The van der Waals surface area contributed by atoms with Crippen molar-refractivity contribution in [2.24, 2.45) is 0 Å². The first-order chi connectivity index (χ1) is 16.2. The van der Waals surface area contributed by atoms with E-state index in [2.05, 4.69) is 18.7 Å². The number of allylic oxidation sites excluding steroid dienone is 1. The molecule has 2 heterocycles. The van der Waals surface area contributed by atoms with Crippen LogP contribution in [-0.4, -0.2) is 47.8 Å². The van der Waals surface area contributed by atoms with E-state index in [0.717, 1.165) is 45.4 Å². The molecule has 192 valence electrons. The molecule has 2 aliphatic heterocycles. The fourth-order valence-electron chi connectivity index (χ4n) is 4.63. The average molecular weight is 463 g/mol. The molecule has 0 N–H and O–H groups in total. The number of unbranched alkanes of at least 4 members (excludes halogenated alkanes) is 11. The number of hydrogen-bond acceptors (Lipinski definition) is 2. The smallest absolute Gasteiger partial charge is 0.246 e. The second-order valence-electron chi connectivity index (χ2n) is 9.95. The maximum Gasteiger partial charge on any atom is 0.246 e. The normalized spacial score (nSPS) is 16.2. The minimum absolute atomic E-state index is 0.214. The van der Waals surface area contributed by atoms with Crippen molar-refractivity contribution >= 4 is 11.8 Å². The molecule has 0 radical (unpaired) electrons. The summed E-state index contributed by atoms with van der Waals surface area (Å²) in [5.41, 5.74) is 0. The second-order valence-corrected chi connectivity index (χ2v) is 9.95. The van der Waals surface area contributed by atoms with Crippen molar-refractivity contribution in [1.29, 1.82) is 0 Å². The Balaban J connectivity index is 0.000000331. The van der Waals surface area contributed by atoms with Crippen LogP contribution in [0.25, 0.3) is 0 Å². The van der Waals surface area contributed by atoms with Crippen molar-refractivity contribution in [2.75, 3.05) is 26.2 Å². The van der Waals surface area contributed by atoms with Crippen molar-refractivity contribution < 1.29 is 9.59 Å². The third-order valence-corrected chi connectivity index (χ3v) is 6.86. The topological polar surface area (TPSA) is 40.6 Å². The largest absolute Gasteiger partial charge is 0.343 e. The number of hydrogen-bond donors (Lipinski definition) is 0. The first kappa shape index (κ1) is 29.7. The third kappa shape index (κ3) is 16.0. The predicted octanol–water partition coefficient (Wildman–Crippen LogP) is 7.67. The molecule has 4 heteroatoms. The molecule has 2 fully saturated rings. The van der Waals surface area contributed by atoms with Crippen LogP contribution in [0.15, 0.2) is 12.2 Å². The van der Waals surface area contributed by atoms with Crippen molar-refractivity contribution in [3.63, 3.8) is 0 Å². The number of nitrogens with zero attached hydrogens (tertiary/aromatic N) is 2. The zero-order valence-electron chi connectivity index (χ0n) is 22.1. The second kappa shape index (κ2) is 21.2. The fourth-order valence-corrected chi connectivity index (χ4v) is 4.63. The van der Waals surface area contributed by atoms with Gasteiger partial charge in [-0.25, -0.2) is 0 Å². The lowest BCUT2D eigenvalue weighted by molar-refractivity contribution is -0.132. The van der Waals surface area contributed by atoms with E-state index < -0.39 is 0 Å². The van der Waals surface area contributed by atoms with Crippen LogP contribution in [0.3, 0.4) is 0 Å². The zero-order valence-corrected chi connectivity index (χ0v) is 22.1. The van der Waals surface area contributed by atoms with E-state index in [1.54, 1.807) is 6.08 Å². The number of carbonyl (C=O) groups excluding carboxylic acids is 2. The van der Waals surface area contributed by atoms with Gasteiger partial charge >= 0.3 is 0 Å². The summed E-state index contributed by atoms with van der Waals surface area (Å²) in [6.45, 7) is 8.41. The van der Waals surface area contributed by atoms with Gasteiger partial charge in [0.1, 0.15) is 0 Å². The molecule has 0 aliphatic carbocycles. The Bertz CT molecular complexity index is 506. The maximum atomic E-state index is 11.9. The van der Waals surface area contributed by atoms with Crippen molar-refractivity contribution in [3.05, 3.63) is 12.2 Å². The van der Waals surface area contributed by atoms with E-state index in [0.29, 0.717) is 5.91 Å². The molecule has 0 atom stereocenters. The van der Waals surface area contributed by atoms with Gasteiger partial charge in [0.2, 0.25) is 11.8 Å². The summed E-state index contributed by atoms with van der Waals surface area (Å²) < 4.78 is 0. The van der Waals surface area contributed by atoms with Gasteiger partial charge in [-0.05, 0) is 57.4 Å². The van der Waals surface area contributed by atoms with Gasteiger partial charge in [0, 0.05) is 32.6 Å². The summed E-state index contributed by atoms with van der Waals surface area (Å²) in [5.74, 6) is 0.615. The molecule has 2 rings (SSSR count). The number of rotatable bonds is 15. The van der Waals surface area contributed by atoms with E-state index in [1.807, 2.05) is 11.0 Å². The molecule has 0 spiro atoms. The lowest BCUT2D eigenvalue weighted by Gasteiger charge is -2.26. The first-order valence-electron chi connectivity index (χ1n) is 14.4. The third-order valence-electron chi connectivity index (χ3n) is 6.86. The molecule has 0 bridgehead atoms. The van der Waals surface area contributed by atoms with Crippen LogP contribution in [0.4, 0.5) is 0 Å². The molecule has 0 aromatic carbocycles. The summed E-state index contributed by atoms with van der Waals surface area (Å²) in [6.07, 6.45) is 27.3. The SMILES string of the molecule is CCCCCCCC=CC(=O)N1CCCC1.CCCCCCCCCC(=O)N1CCCCC1. The highest BCUT2D eigenvalue weighted by molar-refractivity contribution is 5.87. The van der Waals surface area contributed by atoms with Crippen LogP contribution in [0.2, 0.25) is 0 Å². The summed E-state index contributed by atoms with van der Waals surface area (Å²) in [7, 11) is 0. The molecule has 0 unspecified atom stereocenters. The summed E-state index contributed by atoms with van der Waals surface area (Å²) in [5, 5.41) is 0. The van der Waals surface area contributed by atoms with Crippen molar-refractivity contribution in [3.8, 4) is 0 Å². The maximum absolute atomic E-state index is 11.9. The Kier molecular flexibility index (Phi) is 19.1. The first-order valence-corrected chi connectivity index (χ1v) is 14.4. The van der Waals surface area contributed by atoms with E-state index in [9.17, 15) is 9.59 Å². The van der Waals surface area contributed by atoms with Crippen molar-refractivity contribution in [1.82, 2.24) is 9.80 Å². The fraction of sp³-hybridized carbons (Fsp3) is 0.862. The van der Waals surface area contributed by atoms with Crippen LogP contribution < -0.4 is 0 Å². The molecule has 2 saturated heterocycles. The Labute approximate surface area is 205 Å². The molecule has 4 nitrogen and oxygen atoms in total. The summed E-state index contributed by atoms with van der Waals surface area (Å²) in [4.78, 5) is 27.5. The molecule has 33 heavy (non-hydrogen) atoms. The average Bonchev–Trinajstić information content (AvgIpc) is 3.39. The predicted molar refractivity (Wildman–Crippen MR) is 141 cm³/mol. The monoisotopic (exact) mass is 462 g/mol. The van der Waals surface area contributed by atoms with Gasteiger partial charge in [-0.15, -0.1) is 0 Å². The van der Waals surface area contributed by atoms with Gasteiger partial charge in [0.05, 0.1) is 0 Å². The molecular weight excluding hydrogens is 408 g/mol. The summed E-state index contributed by atoms with van der Waals surface area (Å²) >= 11 is 0. The Morgan fingerprint density at radius 1 is 0.606 bits per heavy atom. The highest BCUT2D eigenvalue weighted by Crippen LogP contribution is 2.13. The van der Waals surface area contributed by atoms with E-state index in [-0.39, 0.29) is 5.91 Å². The standard InChI is InChI=1S/C15H29NO.C14H25NO/c1-2-3-4-5-6-7-9-12-15(17)16-13-10-8-11-14-16;1-2-3-4-5-6-7-8-11-14(16)15-12-9-10-13-15/h2-14H2,1H3;8,11H,2-7,9-10,12-13H2,1H3. The molecule has 0 saturated carbocycles. The molecule has 0 aromatic heterocycles. The Morgan fingerprint density at radius 3 is 1.70 bits per heavy atom. The highest BCUT2D eigenvalue weighted by atomic mass is 16.2. The molecule has 2 amide bonds. The summed E-state index contributed by atoms with van der Waals surface area (Å²) in [6, 6.07) is 0.